The van der Waals surface area contributed by atoms with Gasteiger partial charge in [-0.05, 0) is 45.8 Å². The third-order valence-corrected chi connectivity index (χ3v) is 4.69. The maximum atomic E-state index is 12.1. The average molecular weight is 448 g/mol. The second kappa shape index (κ2) is 9.43. The topological polar surface area (TPSA) is 94.3 Å². The zero-order valence-electron chi connectivity index (χ0n) is 14.9. The molecule has 8 nitrogen and oxygen atoms in total. The Bertz CT molecular complexity index is 897. The molecule has 0 N–H and O–H groups in total. The van der Waals surface area contributed by atoms with Crippen LogP contribution in [0.15, 0.2) is 51.9 Å². The number of carbonyl (C=O) groups is 1. The van der Waals surface area contributed by atoms with Crippen LogP contribution in [0.25, 0.3) is 0 Å². The first kappa shape index (κ1) is 20.0. The molecule has 1 fully saturated rings. The maximum absolute atomic E-state index is 12.1. The molecular weight excluding hydrogens is 430 g/mol. The number of ether oxygens (including phenoxy) is 2. The van der Waals surface area contributed by atoms with Gasteiger partial charge in [0, 0.05) is 31.4 Å². The number of hydrogen-bond acceptors (Lipinski definition) is 6. The van der Waals surface area contributed by atoms with Crippen LogP contribution in [0.1, 0.15) is 5.56 Å². The van der Waals surface area contributed by atoms with E-state index in [4.69, 9.17) is 9.47 Å². The lowest BCUT2D eigenvalue weighted by atomic mass is 10.2. The highest BCUT2D eigenvalue weighted by Crippen LogP contribution is 2.26. The molecule has 0 spiro atoms. The van der Waals surface area contributed by atoms with E-state index >= 15 is 0 Å². The molecule has 0 aromatic heterocycles. The van der Waals surface area contributed by atoms with E-state index in [9.17, 15) is 14.9 Å². The van der Waals surface area contributed by atoms with Crippen LogP contribution < -0.4 is 4.74 Å². The van der Waals surface area contributed by atoms with Crippen molar-refractivity contribution in [2.45, 2.75) is 0 Å². The van der Waals surface area contributed by atoms with Crippen LogP contribution in [0.4, 0.5) is 11.4 Å². The Morgan fingerprint density at radius 1 is 1.29 bits per heavy atom. The molecule has 28 heavy (non-hydrogen) atoms. The largest absolute Gasteiger partial charge is 0.483 e. The number of carbonyl (C=O) groups excluding carboxylic acids is 1. The van der Waals surface area contributed by atoms with Crippen LogP contribution in [0.5, 0.6) is 5.75 Å². The third-order valence-electron chi connectivity index (χ3n) is 4.07. The molecule has 2 aromatic rings. The van der Waals surface area contributed by atoms with Gasteiger partial charge in [0.15, 0.2) is 6.61 Å². The van der Waals surface area contributed by atoms with Crippen molar-refractivity contribution in [2.75, 3.05) is 32.9 Å². The number of aliphatic imine (C=N–C) groups is 1. The maximum Gasteiger partial charge on any atom is 0.271 e. The summed E-state index contributed by atoms with van der Waals surface area (Å²) in [4.78, 5) is 28.5. The molecule has 9 heteroatoms. The Kier molecular flexibility index (Phi) is 6.72. The fourth-order valence-electron chi connectivity index (χ4n) is 2.59. The van der Waals surface area contributed by atoms with Crippen LogP contribution in [-0.2, 0) is 9.53 Å². The molecule has 0 radical (unpaired) electrons. The van der Waals surface area contributed by atoms with Crippen LogP contribution in [0.3, 0.4) is 0 Å². The van der Waals surface area contributed by atoms with Gasteiger partial charge >= 0.3 is 0 Å². The van der Waals surface area contributed by atoms with E-state index in [-0.39, 0.29) is 18.2 Å². The lowest BCUT2D eigenvalue weighted by molar-refractivity contribution is -0.384. The molecule has 0 unspecified atom stereocenters. The summed E-state index contributed by atoms with van der Waals surface area (Å²) < 4.78 is 11.5. The molecule has 0 bridgehead atoms. The first-order valence-corrected chi connectivity index (χ1v) is 9.38. The first-order chi connectivity index (χ1) is 13.5. The van der Waals surface area contributed by atoms with Crippen molar-refractivity contribution in [3.8, 4) is 5.75 Å². The standard InChI is InChI=1S/C19H18BrN3O5/c20-17-10-14(12-21-15-2-1-3-16(11-15)23(25)26)4-5-18(17)28-13-19(24)22-6-8-27-9-7-22/h1-5,10-12H,6-9,13H2. The van der Waals surface area contributed by atoms with Gasteiger partial charge in [-0.15, -0.1) is 0 Å². The van der Waals surface area contributed by atoms with Gasteiger partial charge < -0.3 is 14.4 Å². The lowest BCUT2D eigenvalue weighted by Crippen LogP contribution is -2.43. The molecule has 1 amide bonds. The fraction of sp³-hybridized carbons (Fsp3) is 0.263. The molecule has 0 atom stereocenters. The predicted molar refractivity (Wildman–Crippen MR) is 107 cm³/mol. The Balaban J connectivity index is 1.61. The van der Waals surface area contributed by atoms with Gasteiger partial charge in [0.25, 0.3) is 11.6 Å². The number of nitrogens with zero attached hydrogens (tertiary/aromatic N) is 3. The molecule has 1 aliphatic rings. The number of morpholine rings is 1. The highest BCUT2D eigenvalue weighted by atomic mass is 79.9. The van der Waals surface area contributed by atoms with E-state index in [1.165, 1.54) is 12.1 Å². The average Bonchev–Trinajstić information content (AvgIpc) is 2.72. The number of halogens is 1. The smallest absolute Gasteiger partial charge is 0.271 e. The van der Waals surface area contributed by atoms with E-state index in [1.807, 2.05) is 0 Å². The summed E-state index contributed by atoms with van der Waals surface area (Å²) in [5.41, 5.74) is 1.26. The highest BCUT2D eigenvalue weighted by Gasteiger charge is 2.17. The fourth-order valence-corrected chi connectivity index (χ4v) is 3.10. The van der Waals surface area contributed by atoms with E-state index < -0.39 is 4.92 Å². The summed E-state index contributed by atoms with van der Waals surface area (Å²) in [5, 5.41) is 10.8. The van der Waals surface area contributed by atoms with Crippen molar-refractivity contribution < 1.29 is 19.2 Å². The highest BCUT2D eigenvalue weighted by molar-refractivity contribution is 9.10. The molecule has 1 aliphatic heterocycles. The zero-order valence-corrected chi connectivity index (χ0v) is 16.5. The first-order valence-electron chi connectivity index (χ1n) is 8.59. The molecule has 2 aromatic carbocycles. The molecule has 1 saturated heterocycles. The molecule has 3 rings (SSSR count). The van der Waals surface area contributed by atoms with Gasteiger partial charge in [-0.3, -0.25) is 19.9 Å². The number of amides is 1. The molecule has 1 heterocycles. The van der Waals surface area contributed by atoms with Gasteiger partial charge in [-0.1, -0.05) is 6.07 Å². The normalized spacial score (nSPS) is 14.2. The summed E-state index contributed by atoms with van der Waals surface area (Å²) in [6.45, 7) is 2.22. The van der Waals surface area contributed by atoms with Gasteiger partial charge in [0.1, 0.15) is 5.75 Å². The van der Waals surface area contributed by atoms with Crippen LogP contribution in [0.2, 0.25) is 0 Å². The summed E-state index contributed by atoms with van der Waals surface area (Å²) in [7, 11) is 0. The molecule has 0 aliphatic carbocycles. The van der Waals surface area contributed by atoms with Crippen molar-refractivity contribution in [3.63, 3.8) is 0 Å². The Labute approximate surface area is 170 Å². The minimum atomic E-state index is -0.458. The van der Waals surface area contributed by atoms with E-state index in [0.29, 0.717) is 42.2 Å². The summed E-state index contributed by atoms with van der Waals surface area (Å²) in [6.07, 6.45) is 1.60. The monoisotopic (exact) mass is 447 g/mol. The van der Waals surface area contributed by atoms with Gasteiger partial charge in [-0.2, -0.15) is 0 Å². The van der Waals surface area contributed by atoms with E-state index in [0.717, 1.165) is 5.56 Å². The van der Waals surface area contributed by atoms with E-state index in [2.05, 4.69) is 20.9 Å². The molecular formula is C19H18BrN3O5. The number of nitro groups is 1. The number of non-ortho nitro benzene ring substituents is 1. The minimum absolute atomic E-state index is 0.00971. The lowest BCUT2D eigenvalue weighted by Gasteiger charge is -2.26. The predicted octanol–water partition coefficient (Wildman–Crippen LogP) is 3.35. The second-order valence-corrected chi connectivity index (χ2v) is 6.86. The van der Waals surface area contributed by atoms with Gasteiger partial charge in [-0.25, -0.2) is 0 Å². The summed E-state index contributed by atoms with van der Waals surface area (Å²) in [5.74, 6) is 0.473. The van der Waals surface area contributed by atoms with Crippen LogP contribution >= 0.6 is 15.9 Å². The van der Waals surface area contributed by atoms with Gasteiger partial charge in [0.2, 0.25) is 0 Å². The van der Waals surface area contributed by atoms with Crippen molar-refractivity contribution in [1.29, 1.82) is 0 Å². The number of nitro benzene ring substituents is 1. The van der Waals surface area contributed by atoms with Crippen molar-refractivity contribution >= 4 is 39.4 Å². The van der Waals surface area contributed by atoms with Crippen molar-refractivity contribution in [1.82, 2.24) is 4.90 Å². The molecule has 0 saturated carbocycles. The Hall–Kier alpha value is -2.78. The summed E-state index contributed by atoms with van der Waals surface area (Å²) in [6, 6.07) is 11.4. The SMILES string of the molecule is O=C(COc1ccc(C=Nc2cccc([N+](=O)[O-])c2)cc1Br)N1CCOCC1. The second-order valence-electron chi connectivity index (χ2n) is 6.01. The zero-order chi connectivity index (χ0) is 19.9. The Morgan fingerprint density at radius 3 is 2.79 bits per heavy atom. The van der Waals surface area contributed by atoms with Crippen LogP contribution in [-0.4, -0.2) is 54.9 Å². The van der Waals surface area contributed by atoms with Crippen LogP contribution in [0, 0.1) is 10.1 Å². The van der Waals surface area contributed by atoms with Gasteiger partial charge in [0.05, 0.1) is 28.3 Å². The number of rotatable bonds is 6. The van der Waals surface area contributed by atoms with Crippen molar-refractivity contribution in [3.05, 3.63) is 62.6 Å². The quantitative estimate of drug-likeness (QED) is 0.384. The Morgan fingerprint density at radius 2 is 2.07 bits per heavy atom. The number of hydrogen-bond donors (Lipinski definition) is 0. The minimum Gasteiger partial charge on any atom is -0.483 e. The van der Waals surface area contributed by atoms with Crippen molar-refractivity contribution in [2.24, 2.45) is 4.99 Å². The van der Waals surface area contributed by atoms with E-state index in [1.54, 1.807) is 41.4 Å². The number of benzene rings is 2. The summed E-state index contributed by atoms with van der Waals surface area (Å²) >= 11 is 3.43. The molecule has 146 valence electrons. The third kappa shape index (κ3) is 5.37.